The third-order valence-corrected chi connectivity index (χ3v) is 5.09. The Bertz CT molecular complexity index is 908. The summed E-state index contributed by atoms with van der Waals surface area (Å²) in [6.07, 6.45) is 6.61. The number of likely N-dealkylation sites (tertiary alicyclic amines) is 1. The summed E-state index contributed by atoms with van der Waals surface area (Å²) in [6, 6.07) is 14.6. The molecule has 4 rings (SSSR count). The Hall–Kier alpha value is -2.46. The van der Waals surface area contributed by atoms with Gasteiger partial charge in [-0.2, -0.15) is 0 Å². The van der Waals surface area contributed by atoms with Crippen LogP contribution in [0.3, 0.4) is 0 Å². The summed E-state index contributed by atoms with van der Waals surface area (Å²) in [5.41, 5.74) is 4.19. The van der Waals surface area contributed by atoms with Crippen molar-refractivity contribution >= 4 is 10.9 Å². The first-order chi connectivity index (χ1) is 12.3. The van der Waals surface area contributed by atoms with Gasteiger partial charge < -0.3 is 9.88 Å². The van der Waals surface area contributed by atoms with E-state index in [4.69, 9.17) is 0 Å². The minimum Gasteiger partial charge on any atom is -0.313 e. The van der Waals surface area contributed by atoms with E-state index in [1.54, 1.807) is 0 Å². The van der Waals surface area contributed by atoms with E-state index in [1.165, 1.54) is 44.2 Å². The van der Waals surface area contributed by atoms with E-state index >= 15 is 0 Å². The fourth-order valence-electron chi connectivity index (χ4n) is 3.58. The van der Waals surface area contributed by atoms with Crippen molar-refractivity contribution in [1.82, 2.24) is 14.9 Å². The van der Waals surface area contributed by atoms with Crippen LogP contribution in [0.4, 0.5) is 0 Å². The Morgan fingerprint density at radius 1 is 0.960 bits per heavy atom. The molecule has 4 heteroatoms. The number of rotatable bonds is 4. The highest BCUT2D eigenvalue weighted by Crippen LogP contribution is 2.22. The maximum absolute atomic E-state index is 12.0. The molecule has 1 aliphatic heterocycles. The number of nitrogens with one attached hydrogen (secondary N) is 1. The molecule has 0 atom stereocenters. The smallest absolute Gasteiger partial charge is 0.258 e. The quantitative estimate of drug-likeness (QED) is 0.793. The summed E-state index contributed by atoms with van der Waals surface area (Å²) in [5, 5.41) is 0.633. The summed E-state index contributed by atoms with van der Waals surface area (Å²) < 4.78 is 0. The van der Waals surface area contributed by atoms with Crippen molar-refractivity contribution in [1.29, 1.82) is 0 Å². The Morgan fingerprint density at radius 3 is 2.52 bits per heavy atom. The summed E-state index contributed by atoms with van der Waals surface area (Å²) in [7, 11) is 0. The lowest BCUT2D eigenvalue weighted by Crippen LogP contribution is -2.31. The van der Waals surface area contributed by atoms with Gasteiger partial charge in [-0.3, -0.25) is 4.79 Å². The summed E-state index contributed by atoms with van der Waals surface area (Å²) in [6.45, 7) is 3.64. The average Bonchev–Trinajstić information content (AvgIpc) is 2.68. The van der Waals surface area contributed by atoms with Crippen LogP contribution in [-0.4, -0.2) is 34.5 Å². The second-order valence-corrected chi connectivity index (χ2v) is 6.81. The largest absolute Gasteiger partial charge is 0.313 e. The number of hydrogen-bond donors (Lipinski definition) is 1. The molecule has 0 unspecified atom stereocenters. The van der Waals surface area contributed by atoms with Crippen molar-refractivity contribution in [3.8, 4) is 11.1 Å². The molecular weight excluding hydrogens is 310 g/mol. The summed E-state index contributed by atoms with van der Waals surface area (Å²) in [5.74, 6) is 0. The molecule has 2 heterocycles. The van der Waals surface area contributed by atoms with Crippen molar-refractivity contribution < 1.29 is 0 Å². The first kappa shape index (κ1) is 16.0. The molecule has 1 aromatic heterocycles. The van der Waals surface area contributed by atoms with E-state index in [-0.39, 0.29) is 5.56 Å². The lowest BCUT2D eigenvalue weighted by molar-refractivity contribution is 0.231. The highest BCUT2D eigenvalue weighted by atomic mass is 16.1. The van der Waals surface area contributed by atoms with E-state index in [0.717, 1.165) is 29.6 Å². The molecule has 0 radical (unpaired) electrons. The zero-order valence-electron chi connectivity index (χ0n) is 14.4. The molecule has 0 amide bonds. The SMILES string of the molecule is O=c1[nH]cnc2ccc(-c3ccc(CCN4CCCCC4)cc3)cc12. The zero-order valence-corrected chi connectivity index (χ0v) is 14.4. The van der Waals surface area contributed by atoms with Crippen molar-refractivity contribution in [2.24, 2.45) is 0 Å². The van der Waals surface area contributed by atoms with Crippen LogP contribution in [0.5, 0.6) is 0 Å². The molecule has 3 aromatic rings. The predicted octanol–water partition coefficient (Wildman–Crippen LogP) is 3.62. The third-order valence-electron chi connectivity index (χ3n) is 5.09. The molecule has 1 fully saturated rings. The number of aromatic amines is 1. The van der Waals surface area contributed by atoms with Gasteiger partial charge in [-0.1, -0.05) is 36.8 Å². The molecule has 0 bridgehead atoms. The summed E-state index contributed by atoms with van der Waals surface area (Å²) in [4.78, 5) is 21.4. The molecule has 2 aromatic carbocycles. The van der Waals surface area contributed by atoms with E-state index in [1.807, 2.05) is 18.2 Å². The van der Waals surface area contributed by atoms with Crippen LogP contribution in [0.2, 0.25) is 0 Å². The lowest BCUT2D eigenvalue weighted by atomic mass is 10.0. The highest BCUT2D eigenvalue weighted by molar-refractivity contribution is 5.83. The fourth-order valence-corrected chi connectivity index (χ4v) is 3.58. The summed E-state index contributed by atoms with van der Waals surface area (Å²) >= 11 is 0. The molecule has 1 N–H and O–H groups in total. The average molecular weight is 333 g/mol. The molecule has 1 saturated heterocycles. The number of nitrogens with zero attached hydrogens (tertiary/aromatic N) is 2. The van der Waals surface area contributed by atoms with Crippen LogP contribution in [0.25, 0.3) is 22.0 Å². The van der Waals surface area contributed by atoms with E-state index < -0.39 is 0 Å². The van der Waals surface area contributed by atoms with Gasteiger partial charge in [0.1, 0.15) is 0 Å². The van der Waals surface area contributed by atoms with Gasteiger partial charge in [-0.05, 0) is 61.2 Å². The van der Waals surface area contributed by atoms with Crippen LogP contribution in [0.15, 0.2) is 53.6 Å². The lowest BCUT2D eigenvalue weighted by Gasteiger charge is -2.26. The molecule has 128 valence electrons. The Balaban J connectivity index is 1.50. The Kier molecular flexibility index (Phi) is 4.61. The van der Waals surface area contributed by atoms with Gasteiger partial charge in [0.05, 0.1) is 17.2 Å². The van der Waals surface area contributed by atoms with Crippen molar-refractivity contribution in [2.75, 3.05) is 19.6 Å². The standard InChI is InChI=1S/C21H23N3O/c25-21-19-14-18(8-9-20(19)22-15-23-21)17-6-4-16(5-7-17)10-13-24-11-2-1-3-12-24/h4-9,14-15H,1-3,10-13H2,(H,22,23,25). The van der Waals surface area contributed by atoms with Gasteiger partial charge in [0.15, 0.2) is 0 Å². The molecule has 0 saturated carbocycles. The van der Waals surface area contributed by atoms with Crippen molar-refractivity contribution in [3.05, 3.63) is 64.7 Å². The fraction of sp³-hybridized carbons (Fsp3) is 0.333. The van der Waals surface area contributed by atoms with E-state index in [9.17, 15) is 4.79 Å². The van der Waals surface area contributed by atoms with Crippen LogP contribution < -0.4 is 5.56 Å². The molecule has 25 heavy (non-hydrogen) atoms. The van der Waals surface area contributed by atoms with Crippen molar-refractivity contribution in [3.63, 3.8) is 0 Å². The second-order valence-electron chi connectivity index (χ2n) is 6.81. The second kappa shape index (κ2) is 7.19. The number of piperidine rings is 1. The van der Waals surface area contributed by atoms with E-state index in [0.29, 0.717) is 5.39 Å². The predicted molar refractivity (Wildman–Crippen MR) is 102 cm³/mol. The van der Waals surface area contributed by atoms with Crippen LogP contribution >= 0.6 is 0 Å². The maximum Gasteiger partial charge on any atom is 0.258 e. The highest BCUT2D eigenvalue weighted by Gasteiger charge is 2.09. The van der Waals surface area contributed by atoms with Gasteiger partial charge in [0, 0.05) is 6.54 Å². The van der Waals surface area contributed by atoms with Gasteiger partial charge in [0.2, 0.25) is 0 Å². The molecule has 0 aliphatic carbocycles. The molecule has 0 spiro atoms. The van der Waals surface area contributed by atoms with Gasteiger partial charge >= 0.3 is 0 Å². The first-order valence-electron chi connectivity index (χ1n) is 9.09. The molecule has 1 aliphatic rings. The number of benzene rings is 2. The van der Waals surface area contributed by atoms with E-state index in [2.05, 4.69) is 39.1 Å². The minimum absolute atomic E-state index is 0.0926. The monoisotopic (exact) mass is 333 g/mol. The van der Waals surface area contributed by atoms with Crippen LogP contribution in [-0.2, 0) is 6.42 Å². The minimum atomic E-state index is -0.0926. The van der Waals surface area contributed by atoms with Crippen LogP contribution in [0, 0.1) is 0 Å². The number of fused-ring (bicyclic) bond motifs is 1. The normalized spacial score (nSPS) is 15.5. The van der Waals surface area contributed by atoms with Gasteiger partial charge in [-0.25, -0.2) is 4.98 Å². The Labute approximate surface area is 147 Å². The van der Waals surface area contributed by atoms with Gasteiger partial charge in [-0.15, -0.1) is 0 Å². The maximum atomic E-state index is 12.0. The number of aromatic nitrogens is 2. The number of hydrogen-bond acceptors (Lipinski definition) is 3. The first-order valence-corrected chi connectivity index (χ1v) is 9.09. The topological polar surface area (TPSA) is 49.0 Å². The van der Waals surface area contributed by atoms with Crippen LogP contribution in [0.1, 0.15) is 24.8 Å². The van der Waals surface area contributed by atoms with Crippen molar-refractivity contribution in [2.45, 2.75) is 25.7 Å². The number of H-pyrrole nitrogens is 1. The third kappa shape index (κ3) is 3.64. The molecule has 4 nitrogen and oxygen atoms in total. The molecular formula is C21H23N3O. The Morgan fingerprint density at radius 2 is 1.72 bits per heavy atom. The zero-order chi connectivity index (χ0) is 17.1. The van der Waals surface area contributed by atoms with Gasteiger partial charge in [0.25, 0.3) is 5.56 Å².